The smallest absolute Gasteiger partial charge is 0.251 e. The van der Waals surface area contributed by atoms with E-state index in [1.165, 1.54) is 5.56 Å². The molecule has 19 heavy (non-hydrogen) atoms. The molecular formula is C16H22N2O. The van der Waals surface area contributed by atoms with E-state index in [-0.39, 0.29) is 11.0 Å². The van der Waals surface area contributed by atoms with Gasteiger partial charge in [-0.3, -0.25) is 4.79 Å². The average molecular weight is 258 g/mol. The number of fused-ring (bicyclic) bond motifs is 1. The van der Waals surface area contributed by atoms with Crippen LogP contribution in [0.25, 0.3) is 10.9 Å². The molecule has 0 aliphatic heterocycles. The maximum absolute atomic E-state index is 11.6. The van der Waals surface area contributed by atoms with Crippen molar-refractivity contribution in [3.05, 3.63) is 45.7 Å². The van der Waals surface area contributed by atoms with Crippen molar-refractivity contribution in [2.45, 2.75) is 33.6 Å². The number of aromatic nitrogens is 1. The molecule has 1 aromatic carbocycles. The first-order valence-corrected chi connectivity index (χ1v) is 6.74. The summed E-state index contributed by atoms with van der Waals surface area (Å²) in [7, 11) is 0. The highest BCUT2D eigenvalue weighted by atomic mass is 16.1. The van der Waals surface area contributed by atoms with Crippen LogP contribution in [-0.4, -0.2) is 11.5 Å². The molecule has 0 bridgehead atoms. The SMILES string of the molecule is Cc1cc2cc(CC(C)(C)CCN)ccc2[nH]c1=O. The largest absolute Gasteiger partial charge is 0.330 e. The predicted molar refractivity (Wildman–Crippen MR) is 80.5 cm³/mol. The highest BCUT2D eigenvalue weighted by Crippen LogP contribution is 2.26. The number of benzene rings is 1. The highest BCUT2D eigenvalue weighted by molar-refractivity contribution is 5.79. The third kappa shape index (κ3) is 3.24. The van der Waals surface area contributed by atoms with Gasteiger partial charge in [-0.25, -0.2) is 0 Å². The molecule has 0 spiro atoms. The van der Waals surface area contributed by atoms with E-state index in [4.69, 9.17) is 5.73 Å². The Hall–Kier alpha value is -1.61. The molecule has 3 heteroatoms. The Kier molecular flexibility index (Phi) is 3.76. The number of aromatic amines is 1. The molecule has 1 aromatic heterocycles. The maximum atomic E-state index is 11.6. The Morgan fingerprint density at radius 2 is 2.00 bits per heavy atom. The van der Waals surface area contributed by atoms with Crippen LogP contribution >= 0.6 is 0 Å². The topological polar surface area (TPSA) is 58.9 Å². The van der Waals surface area contributed by atoms with Crippen LogP contribution in [0.4, 0.5) is 0 Å². The van der Waals surface area contributed by atoms with Crippen molar-refractivity contribution in [2.75, 3.05) is 6.54 Å². The lowest BCUT2D eigenvalue weighted by Crippen LogP contribution is -2.19. The van der Waals surface area contributed by atoms with Crippen molar-refractivity contribution in [3.63, 3.8) is 0 Å². The molecule has 0 aliphatic rings. The normalized spacial score (nSPS) is 12.0. The zero-order valence-corrected chi connectivity index (χ0v) is 11.9. The lowest BCUT2D eigenvalue weighted by Gasteiger charge is -2.24. The molecule has 0 unspecified atom stereocenters. The Morgan fingerprint density at radius 1 is 1.26 bits per heavy atom. The van der Waals surface area contributed by atoms with Crippen molar-refractivity contribution in [2.24, 2.45) is 11.1 Å². The summed E-state index contributed by atoms with van der Waals surface area (Å²) in [5.41, 5.74) is 8.80. The van der Waals surface area contributed by atoms with Crippen LogP contribution < -0.4 is 11.3 Å². The third-order valence-corrected chi connectivity index (χ3v) is 3.60. The van der Waals surface area contributed by atoms with Crippen LogP contribution in [0.3, 0.4) is 0 Å². The lowest BCUT2D eigenvalue weighted by molar-refractivity contribution is 0.339. The summed E-state index contributed by atoms with van der Waals surface area (Å²) in [6, 6.07) is 8.19. The Morgan fingerprint density at radius 3 is 2.68 bits per heavy atom. The van der Waals surface area contributed by atoms with Gasteiger partial charge in [0.15, 0.2) is 0 Å². The first-order valence-electron chi connectivity index (χ1n) is 6.74. The van der Waals surface area contributed by atoms with E-state index in [1.54, 1.807) is 0 Å². The molecule has 2 aromatic rings. The number of H-pyrrole nitrogens is 1. The fourth-order valence-electron chi connectivity index (χ4n) is 2.51. The summed E-state index contributed by atoms with van der Waals surface area (Å²) in [5.74, 6) is 0. The summed E-state index contributed by atoms with van der Waals surface area (Å²) in [5, 5.41) is 1.10. The quantitative estimate of drug-likeness (QED) is 0.886. The molecular weight excluding hydrogens is 236 g/mol. The molecule has 0 radical (unpaired) electrons. The maximum Gasteiger partial charge on any atom is 0.251 e. The van der Waals surface area contributed by atoms with E-state index in [1.807, 2.05) is 19.1 Å². The monoisotopic (exact) mass is 258 g/mol. The van der Waals surface area contributed by atoms with Crippen molar-refractivity contribution in [1.29, 1.82) is 0 Å². The van der Waals surface area contributed by atoms with Gasteiger partial charge in [0.05, 0.1) is 0 Å². The van der Waals surface area contributed by atoms with E-state index in [0.717, 1.165) is 29.3 Å². The van der Waals surface area contributed by atoms with Gasteiger partial charge in [0.2, 0.25) is 0 Å². The number of aryl methyl sites for hydroxylation is 1. The van der Waals surface area contributed by atoms with Crippen molar-refractivity contribution < 1.29 is 0 Å². The van der Waals surface area contributed by atoms with E-state index < -0.39 is 0 Å². The van der Waals surface area contributed by atoms with Crippen LogP contribution in [0.5, 0.6) is 0 Å². The van der Waals surface area contributed by atoms with Crippen molar-refractivity contribution >= 4 is 10.9 Å². The number of rotatable bonds is 4. The van der Waals surface area contributed by atoms with Crippen LogP contribution in [-0.2, 0) is 6.42 Å². The van der Waals surface area contributed by atoms with Crippen molar-refractivity contribution in [1.82, 2.24) is 4.98 Å². The van der Waals surface area contributed by atoms with E-state index in [0.29, 0.717) is 6.54 Å². The highest BCUT2D eigenvalue weighted by Gasteiger charge is 2.17. The number of pyridine rings is 1. The summed E-state index contributed by atoms with van der Waals surface area (Å²) in [6.07, 6.45) is 2.01. The zero-order valence-electron chi connectivity index (χ0n) is 11.9. The minimum Gasteiger partial charge on any atom is -0.330 e. The molecule has 0 saturated carbocycles. The van der Waals surface area contributed by atoms with Gasteiger partial charge in [-0.15, -0.1) is 0 Å². The Labute approximate surface area is 113 Å². The van der Waals surface area contributed by atoms with Gasteiger partial charge in [-0.2, -0.15) is 0 Å². The first kappa shape index (κ1) is 13.8. The molecule has 1 heterocycles. The summed E-state index contributed by atoms with van der Waals surface area (Å²) >= 11 is 0. The predicted octanol–water partition coefficient (Wildman–Crippen LogP) is 2.75. The molecule has 0 fully saturated rings. The standard InChI is InChI=1S/C16H22N2O/c1-11-8-13-9-12(10-16(2,3)6-7-17)4-5-14(13)18-15(11)19/h4-5,8-9H,6-7,10,17H2,1-3H3,(H,18,19). The van der Waals surface area contributed by atoms with E-state index in [9.17, 15) is 4.79 Å². The molecule has 3 N–H and O–H groups in total. The fourth-order valence-corrected chi connectivity index (χ4v) is 2.51. The average Bonchev–Trinajstić information content (AvgIpc) is 2.30. The van der Waals surface area contributed by atoms with E-state index in [2.05, 4.69) is 31.0 Å². The fraction of sp³-hybridized carbons (Fsp3) is 0.438. The number of hydrogen-bond donors (Lipinski definition) is 2. The summed E-state index contributed by atoms with van der Waals surface area (Å²) < 4.78 is 0. The third-order valence-electron chi connectivity index (χ3n) is 3.60. The van der Waals surface area contributed by atoms with Gasteiger partial charge in [0.1, 0.15) is 0 Å². The van der Waals surface area contributed by atoms with Gasteiger partial charge < -0.3 is 10.7 Å². The van der Waals surface area contributed by atoms with Gasteiger partial charge >= 0.3 is 0 Å². The summed E-state index contributed by atoms with van der Waals surface area (Å²) in [4.78, 5) is 14.5. The zero-order chi connectivity index (χ0) is 14.0. The minimum atomic E-state index is -0.0105. The van der Waals surface area contributed by atoms with Crippen LogP contribution in [0, 0.1) is 12.3 Å². The Bertz CT molecular complexity index is 641. The van der Waals surface area contributed by atoms with Crippen LogP contribution in [0.2, 0.25) is 0 Å². The van der Waals surface area contributed by atoms with Crippen LogP contribution in [0.1, 0.15) is 31.4 Å². The molecule has 0 atom stereocenters. The molecule has 0 aliphatic carbocycles. The first-order chi connectivity index (χ1) is 8.91. The van der Waals surface area contributed by atoms with Gasteiger partial charge in [-0.05, 0) is 60.9 Å². The van der Waals surface area contributed by atoms with E-state index >= 15 is 0 Å². The molecule has 3 nitrogen and oxygen atoms in total. The van der Waals surface area contributed by atoms with Crippen LogP contribution in [0.15, 0.2) is 29.1 Å². The number of nitrogens with two attached hydrogens (primary N) is 1. The van der Waals surface area contributed by atoms with Crippen molar-refractivity contribution in [3.8, 4) is 0 Å². The Balaban J connectivity index is 2.36. The lowest BCUT2D eigenvalue weighted by atomic mass is 9.82. The number of hydrogen-bond acceptors (Lipinski definition) is 2. The second kappa shape index (κ2) is 5.17. The molecule has 0 saturated heterocycles. The number of nitrogens with one attached hydrogen (secondary N) is 1. The molecule has 102 valence electrons. The molecule has 2 rings (SSSR count). The summed E-state index contributed by atoms with van der Waals surface area (Å²) in [6.45, 7) is 7.03. The van der Waals surface area contributed by atoms with Gasteiger partial charge in [-0.1, -0.05) is 19.9 Å². The minimum absolute atomic E-state index is 0.0105. The van der Waals surface area contributed by atoms with Gasteiger partial charge in [0.25, 0.3) is 5.56 Å². The van der Waals surface area contributed by atoms with Gasteiger partial charge in [0, 0.05) is 11.1 Å². The second-order valence-electron chi connectivity index (χ2n) is 6.08. The molecule has 0 amide bonds. The second-order valence-corrected chi connectivity index (χ2v) is 6.08.